The van der Waals surface area contributed by atoms with Crippen LogP contribution in [0.1, 0.15) is 26.3 Å². The van der Waals surface area contributed by atoms with Crippen LogP contribution in [0.4, 0.5) is 5.82 Å². The molecule has 0 amide bonds. The molecule has 3 nitrogen and oxygen atoms in total. The van der Waals surface area contributed by atoms with Crippen molar-refractivity contribution in [2.75, 3.05) is 5.73 Å². The third kappa shape index (κ3) is 2.29. The van der Waals surface area contributed by atoms with E-state index < -0.39 is 0 Å². The van der Waals surface area contributed by atoms with E-state index in [1.54, 1.807) is 6.33 Å². The molecule has 2 aromatic rings. The number of nitrogens with zero attached hydrogens (tertiary/aromatic N) is 2. The van der Waals surface area contributed by atoms with Crippen molar-refractivity contribution in [1.29, 1.82) is 0 Å². The lowest BCUT2D eigenvalue weighted by atomic mass is 10.1. The number of aryl methyl sites for hydroxylation is 1. The number of aromatic nitrogens is 2. The van der Waals surface area contributed by atoms with Gasteiger partial charge in [-0.15, -0.1) is 0 Å². The molecule has 4 heteroatoms. The lowest BCUT2D eigenvalue weighted by molar-refractivity contribution is 0.402. The summed E-state index contributed by atoms with van der Waals surface area (Å²) in [6.07, 6.45) is 1.80. The fourth-order valence-electron chi connectivity index (χ4n) is 1.91. The molecule has 0 bridgehead atoms. The molecule has 0 radical (unpaired) electrons. The van der Waals surface area contributed by atoms with Gasteiger partial charge in [0, 0.05) is 15.6 Å². The third-order valence-electron chi connectivity index (χ3n) is 2.91. The van der Waals surface area contributed by atoms with Crippen molar-refractivity contribution in [3.63, 3.8) is 0 Å². The van der Waals surface area contributed by atoms with Gasteiger partial charge in [0.25, 0.3) is 0 Å². The second kappa shape index (κ2) is 4.43. The van der Waals surface area contributed by atoms with Gasteiger partial charge < -0.3 is 10.3 Å². The predicted molar refractivity (Wildman–Crippen MR) is 79.5 cm³/mol. The van der Waals surface area contributed by atoms with Gasteiger partial charge in [-0.3, -0.25) is 0 Å². The van der Waals surface area contributed by atoms with Crippen molar-refractivity contribution in [2.24, 2.45) is 0 Å². The van der Waals surface area contributed by atoms with Gasteiger partial charge in [0.15, 0.2) is 0 Å². The summed E-state index contributed by atoms with van der Waals surface area (Å²) in [6, 6.07) is 6.19. The summed E-state index contributed by atoms with van der Waals surface area (Å²) in [5, 5.41) is 0. The summed E-state index contributed by atoms with van der Waals surface area (Å²) >= 11 is 3.57. The van der Waals surface area contributed by atoms with Gasteiger partial charge in [-0.05, 0) is 39.3 Å². The molecule has 0 spiro atoms. The minimum absolute atomic E-state index is 0.0630. The van der Waals surface area contributed by atoms with Gasteiger partial charge in [0.2, 0.25) is 0 Å². The van der Waals surface area contributed by atoms with Gasteiger partial charge in [0.05, 0.1) is 6.33 Å². The summed E-state index contributed by atoms with van der Waals surface area (Å²) in [4.78, 5) is 4.45. The van der Waals surface area contributed by atoms with Crippen LogP contribution in [0.15, 0.2) is 29.0 Å². The molecule has 0 unspecified atom stereocenters. The molecule has 2 rings (SSSR count). The Bertz CT molecular complexity index is 579. The van der Waals surface area contributed by atoms with Crippen LogP contribution in [0.2, 0.25) is 0 Å². The van der Waals surface area contributed by atoms with Crippen LogP contribution in [-0.4, -0.2) is 9.55 Å². The highest BCUT2D eigenvalue weighted by molar-refractivity contribution is 9.10. The molecule has 18 heavy (non-hydrogen) atoms. The summed E-state index contributed by atoms with van der Waals surface area (Å²) in [7, 11) is 0. The van der Waals surface area contributed by atoms with E-state index in [9.17, 15) is 0 Å². The van der Waals surface area contributed by atoms with Gasteiger partial charge in [-0.25, -0.2) is 4.98 Å². The van der Waals surface area contributed by atoms with E-state index in [0.29, 0.717) is 5.82 Å². The number of imidazole rings is 1. The van der Waals surface area contributed by atoms with Crippen molar-refractivity contribution in [1.82, 2.24) is 9.55 Å². The van der Waals surface area contributed by atoms with Gasteiger partial charge in [-0.2, -0.15) is 0 Å². The molecule has 0 saturated heterocycles. The first-order valence-electron chi connectivity index (χ1n) is 5.90. The topological polar surface area (TPSA) is 43.8 Å². The Balaban J connectivity index is 2.56. The highest BCUT2D eigenvalue weighted by Gasteiger charge is 2.20. The van der Waals surface area contributed by atoms with Gasteiger partial charge in [0.1, 0.15) is 11.5 Å². The van der Waals surface area contributed by atoms with Crippen LogP contribution in [0.5, 0.6) is 0 Å². The van der Waals surface area contributed by atoms with Crippen molar-refractivity contribution in [3.8, 4) is 11.3 Å². The van der Waals surface area contributed by atoms with E-state index in [-0.39, 0.29) is 5.54 Å². The van der Waals surface area contributed by atoms with Crippen LogP contribution < -0.4 is 5.73 Å². The summed E-state index contributed by atoms with van der Waals surface area (Å²) in [5.41, 5.74) is 9.21. The van der Waals surface area contributed by atoms with E-state index in [2.05, 4.69) is 60.7 Å². The molecule has 0 aliphatic carbocycles. The molecule has 1 heterocycles. The van der Waals surface area contributed by atoms with Crippen molar-refractivity contribution in [2.45, 2.75) is 33.2 Å². The lowest BCUT2D eigenvalue weighted by Crippen LogP contribution is -2.22. The first kappa shape index (κ1) is 13.1. The van der Waals surface area contributed by atoms with Crippen molar-refractivity contribution < 1.29 is 0 Å². The number of nitrogens with two attached hydrogens (primary N) is 1. The van der Waals surface area contributed by atoms with Gasteiger partial charge in [-0.1, -0.05) is 28.1 Å². The first-order valence-corrected chi connectivity index (χ1v) is 6.70. The number of hydrogen-bond donors (Lipinski definition) is 1. The Morgan fingerprint density at radius 3 is 2.44 bits per heavy atom. The molecule has 0 atom stereocenters. The Kier molecular flexibility index (Phi) is 3.23. The average Bonchev–Trinajstić information content (AvgIpc) is 2.60. The van der Waals surface area contributed by atoms with E-state index in [1.807, 2.05) is 10.6 Å². The molecule has 1 aromatic heterocycles. The smallest absolute Gasteiger partial charge is 0.132 e. The highest BCUT2D eigenvalue weighted by Crippen LogP contribution is 2.33. The number of benzene rings is 1. The Morgan fingerprint density at radius 2 is 1.94 bits per heavy atom. The summed E-state index contributed by atoms with van der Waals surface area (Å²) < 4.78 is 3.02. The Labute approximate surface area is 116 Å². The summed E-state index contributed by atoms with van der Waals surface area (Å²) in [5.74, 6) is 0.701. The fraction of sp³-hybridized carbons (Fsp3) is 0.357. The molecule has 0 aliphatic heterocycles. The number of anilines is 1. The second-order valence-corrected chi connectivity index (χ2v) is 6.36. The largest absolute Gasteiger partial charge is 0.383 e. The molecule has 1 aromatic carbocycles. The predicted octanol–water partition coefficient (Wildman–Crippen LogP) is 3.96. The summed E-state index contributed by atoms with van der Waals surface area (Å²) in [6.45, 7) is 8.39. The van der Waals surface area contributed by atoms with Crippen LogP contribution in [-0.2, 0) is 5.54 Å². The van der Waals surface area contributed by atoms with E-state index in [0.717, 1.165) is 15.7 Å². The minimum atomic E-state index is -0.0630. The van der Waals surface area contributed by atoms with Gasteiger partial charge >= 0.3 is 0 Å². The number of rotatable bonds is 1. The zero-order valence-electron chi connectivity index (χ0n) is 11.2. The minimum Gasteiger partial charge on any atom is -0.383 e. The fourth-order valence-corrected chi connectivity index (χ4v) is 2.59. The third-order valence-corrected chi connectivity index (χ3v) is 3.56. The van der Waals surface area contributed by atoms with Crippen molar-refractivity contribution in [3.05, 3.63) is 34.6 Å². The SMILES string of the molecule is Cc1ccc(-c2ncn(C(C)(C)C)c2N)c(Br)c1. The number of hydrogen-bond acceptors (Lipinski definition) is 2. The number of nitrogen functional groups attached to an aromatic ring is 1. The number of halogens is 1. The maximum absolute atomic E-state index is 6.21. The second-order valence-electron chi connectivity index (χ2n) is 5.50. The Morgan fingerprint density at radius 1 is 1.28 bits per heavy atom. The van der Waals surface area contributed by atoms with Crippen molar-refractivity contribution >= 4 is 21.7 Å². The molecule has 0 fully saturated rings. The zero-order valence-corrected chi connectivity index (χ0v) is 12.7. The first-order chi connectivity index (χ1) is 8.30. The standard InChI is InChI=1S/C14H18BrN3/c1-9-5-6-10(11(15)7-9)12-13(16)18(8-17-12)14(2,3)4/h5-8H,16H2,1-4H3. The molecular formula is C14H18BrN3. The van der Waals surface area contributed by atoms with Crippen LogP contribution in [0.3, 0.4) is 0 Å². The molecule has 0 aliphatic rings. The maximum atomic E-state index is 6.21. The van der Waals surface area contributed by atoms with E-state index in [4.69, 9.17) is 5.73 Å². The van der Waals surface area contributed by atoms with Crippen LogP contribution in [0, 0.1) is 6.92 Å². The molecule has 2 N–H and O–H groups in total. The normalized spacial score (nSPS) is 11.8. The van der Waals surface area contributed by atoms with E-state index in [1.165, 1.54) is 5.56 Å². The quantitative estimate of drug-likeness (QED) is 0.866. The van der Waals surface area contributed by atoms with Crippen LogP contribution in [0.25, 0.3) is 11.3 Å². The molecular weight excluding hydrogens is 290 g/mol. The van der Waals surface area contributed by atoms with Crippen LogP contribution >= 0.6 is 15.9 Å². The maximum Gasteiger partial charge on any atom is 0.132 e. The lowest BCUT2D eigenvalue weighted by Gasteiger charge is -2.22. The average molecular weight is 308 g/mol. The highest BCUT2D eigenvalue weighted by atomic mass is 79.9. The molecule has 0 saturated carbocycles. The monoisotopic (exact) mass is 307 g/mol. The zero-order chi connectivity index (χ0) is 13.5. The Hall–Kier alpha value is -1.29. The van der Waals surface area contributed by atoms with E-state index >= 15 is 0 Å². The molecule has 96 valence electrons.